The Kier molecular flexibility index (Phi) is 4.69. The number of hydrogen-bond acceptors (Lipinski definition) is 3. The number of carbonyl (C=O) groups excluding carboxylic acids is 1. The molecule has 5 nitrogen and oxygen atoms in total. The lowest BCUT2D eigenvalue weighted by atomic mass is 10.1. The number of nitrogens with zero attached hydrogens (tertiary/aromatic N) is 4. The van der Waals surface area contributed by atoms with Crippen LogP contribution < -0.4 is 0 Å². The lowest BCUT2D eigenvalue weighted by molar-refractivity contribution is 0.100. The van der Waals surface area contributed by atoms with E-state index >= 15 is 0 Å². The molecule has 128 valence electrons. The molecule has 26 heavy (non-hydrogen) atoms. The maximum atomic E-state index is 12.6. The number of amides is 1. The van der Waals surface area contributed by atoms with Crippen molar-refractivity contribution in [3.63, 3.8) is 0 Å². The molecule has 0 unspecified atom stereocenters. The van der Waals surface area contributed by atoms with E-state index in [0.717, 1.165) is 20.5 Å². The fraction of sp³-hybridized carbons (Fsp3) is 0.0526. The van der Waals surface area contributed by atoms with Crippen molar-refractivity contribution in [2.24, 2.45) is 9.98 Å². The zero-order valence-corrected chi connectivity index (χ0v) is 16.3. The number of rotatable bonds is 1. The molecule has 0 aliphatic carbocycles. The molecule has 0 bridgehead atoms. The number of aliphatic imine (C=N–C) groups is 2. The van der Waals surface area contributed by atoms with E-state index in [1.807, 2.05) is 42.6 Å². The van der Waals surface area contributed by atoms with Gasteiger partial charge in [0.25, 0.3) is 5.91 Å². The number of amidine groups is 2. The van der Waals surface area contributed by atoms with E-state index in [2.05, 4.69) is 42.5 Å². The van der Waals surface area contributed by atoms with Crippen LogP contribution in [0, 0.1) is 0 Å². The van der Waals surface area contributed by atoms with E-state index in [0.29, 0.717) is 23.1 Å². The molecule has 0 radical (unpaired) electrons. The van der Waals surface area contributed by atoms with E-state index < -0.39 is 5.91 Å². The number of pyridine rings is 1. The Morgan fingerprint density at radius 3 is 2.85 bits per heavy atom. The Balaban J connectivity index is 1.80. The Morgan fingerprint density at radius 2 is 2.04 bits per heavy atom. The summed E-state index contributed by atoms with van der Waals surface area (Å²) in [7, 11) is 0. The van der Waals surface area contributed by atoms with Crippen LogP contribution in [0.5, 0.6) is 0 Å². The summed E-state index contributed by atoms with van der Waals surface area (Å²) < 4.78 is 1.11. The average molecular weight is 475 g/mol. The maximum Gasteiger partial charge on any atom is 0.280 e. The molecule has 1 amide bonds. The van der Waals surface area contributed by atoms with Gasteiger partial charge in [-0.05, 0) is 52.4 Å². The summed E-state index contributed by atoms with van der Waals surface area (Å²) in [4.78, 5) is 27.5. The highest BCUT2D eigenvalue weighted by Gasteiger charge is 2.21. The Morgan fingerprint density at radius 1 is 1.19 bits per heavy atom. The van der Waals surface area contributed by atoms with Gasteiger partial charge in [0.1, 0.15) is 11.0 Å². The Hall–Kier alpha value is -2.32. The highest BCUT2D eigenvalue weighted by Crippen LogP contribution is 2.24. The van der Waals surface area contributed by atoms with E-state index in [1.165, 1.54) is 6.20 Å². The third-order valence-corrected chi connectivity index (χ3v) is 4.83. The fourth-order valence-electron chi connectivity index (χ4n) is 2.71. The quantitative estimate of drug-likeness (QED) is 0.455. The first-order chi connectivity index (χ1) is 12.6. The molecule has 2 aromatic rings. The highest BCUT2D eigenvalue weighted by molar-refractivity contribution is 14.1. The minimum atomic E-state index is -0.401. The van der Waals surface area contributed by atoms with Crippen LogP contribution in [0.25, 0.3) is 0 Å². The highest BCUT2D eigenvalue weighted by atomic mass is 127. The number of halogens is 2. The van der Waals surface area contributed by atoms with Crippen molar-refractivity contribution >= 4 is 51.8 Å². The first kappa shape index (κ1) is 17.1. The van der Waals surface area contributed by atoms with Gasteiger partial charge in [-0.25, -0.2) is 9.98 Å². The van der Waals surface area contributed by atoms with Crippen molar-refractivity contribution in [3.05, 3.63) is 86.4 Å². The Labute approximate surface area is 169 Å². The maximum absolute atomic E-state index is 12.6. The second kappa shape index (κ2) is 7.13. The number of carbonyl (C=O) groups is 1. The van der Waals surface area contributed by atoms with Crippen molar-refractivity contribution in [3.8, 4) is 0 Å². The van der Waals surface area contributed by atoms with Gasteiger partial charge in [-0.2, -0.15) is 4.99 Å². The first-order valence-corrected chi connectivity index (χ1v) is 9.29. The summed E-state index contributed by atoms with van der Waals surface area (Å²) in [6, 6.07) is 11.0. The predicted octanol–water partition coefficient (Wildman–Crippen LogP) is 4.38. The third-order valence-electron chi connectivity index (χ3n) is 3.97. The first-order valence-electron chi connectivity index (χ1n) is 7.84. The lowest BCUT2D eigenvalue weighted by Crippen LogP contribution is -2.24. The lowest BCUT2D eigenvalue weighted by Gasteiger charge is -2.21. The van der Waals surface area contributed by atoms with Crippen LogP contribution in [0.2, 0.25) is 5.15 Å². The molecular formula is C19H12ClIN4O. The zero-order chi connectivity index (χ0) is 18.1. The normalized spacial score (nSPS) is 17.2. The van der Waals surface area contributed by atoms with Crippen molar-refractivity contribution in [2.45, 2.75) is 6.54 Å². The number of benzene rings is 1. The van der Waals surface area contributed by atoms with Crippen molar-refractivity contribution in [1.29, 1.82) is 0 Å². The van der Waals surface area contributed by atoms with Crippen molar-refractivity contribution in [2.75, 3.05) is 0 Å². The van der Waals surface area contributed by atoms with Crippen LogP contribution >= 0.6 is 34.2 Å². The van der Waals surface area contributed by atoms with Gasteiger partial charge in [-0.15, -0.1) is 0 Å². The number of allylic oxidation sites excluding steroid dienone is 2. The fourth-order valence-corrected chi connectivity index (χ4v) is 3.34. The molecule has 0 saturated heterocycles. The molecular weight excluding hydrogens is 463 g/mol. The minimum absolute atomic E-state index is 0.332. The van der Waals surface area contributed by atoms with Gasteiger partial charge in [0.15, 0.2) is 5.84 Å². The predicted molar refractivity (Wildman–Crippen MR) is 111 cm³/mol. The van der Waals surface area contributed by atoms with Gasteiger partial charge < -0.3 is 4.90 Å². The molecule has 0 saturated carbocycles. The molecule has 0 atom stereocenters. The summed E-state index contributed by atoms with van der Waals surface area (Å²) in [6.07, 6.45) is 7.36. The molecule has 2 aliphatic heterocycles. The summed E-state index contributed by atoms with van der Waals surface area (Å²) in [6.45, 7) is 0.668. The molecule has 0 fully saturated rings. The second-order valence-corrected chi connectivity index (χ2v) is 7.35. The topological polar surface area (TPSA) is 57.9 Å². The van der Waals surface area contributed by atoms with Gasteiger partial charge in [0.2, 0.25) is 0 Å². The Bertz CT molecular complexity index is 1010. The second-order valence-electron chi connectivity index (χ2n) is 5.71. The molecule has 4 rings (SSSR count). The number of fused-ring (bicyclic) bond motifs is 2. The SMILES string of the molecule is O=C(N=C1N=C2C=CC(I)=CN2Cc2ccccc21)c1ccc(Cl)nc1. The van der Waals surface area contributed by atoms with Crippen LogP contribution in [0.15, 0.2) is 74.5 Å². The van der Waals surface area contributed by atoms with Crippen LogP contribution in [0.3, 0.4) is 0 Å². The average Bonchev–Trinajstić information content (AvgIpc) is 2.78. The summed E-state index contributed by atoms with van der Waals surface area (Å²) in [5.74, 6) is 0.747. The molecule has 2 aliphatic rings. The van der Waals surface area contributed by atoms with E-state index in [1.54, 1.807) is 12.1 Å². The van der Waals surface area contributed by atoms with E-state index in [-0.39, 0.29) is 0 Å². The molecule has 3 heterocycles. The number of hydrogen-bond donors (Lipinski definition) is 0. The molecule has 1 aromatic carbocycles. The van der Waals surface area contributed by atoms with Gasteiger partial charge >= 0.3 is 0 Å². The minimum Gasteiger partial charge on any atom is -0.327 e. The zero-order valence-electron chi connectivity index (χ0n) is 13.4. The third kappa shape index (κ3) is 3.47. The largest absolute Gasteiger partial charge is 0.327 e. The van der Waals surface area contributed by atoms with Gasteiger partial charge in [0, 0.05) is 28.1 Å². The van der Waals surface area contributed by atoms with Crippen molar-refractivity contribution < 1.29 is 4.79 Å². The van der Waals surface area contributed by atoms with Crippen LogP contribution in [0.4, 0.5) is 0 Å². The molecule has 0 spiro atoms. The number of aromatic nitrogens is 1. The standard InChI is InChI=1S/C19H12ClIN4O/c20-16-7-5-12(9-22-16)19(26)24-18-15-4-2-1-3-13(15)10-25-11-14(21)6-8-17(25)23-18/h1-9,11H,10H2. The molecule has 1 aromatic heterocycles. The van der Waals surface area contributed by atoms with Gasteiger partial charge in [-0.1, -0.05) is 35.9 Å². The molecule has 0 N–H and O–H groups in total. The van der Waals surface area contributed by atoms with Gasteiger partial charge in [-0.3, -0.25) is 4.79 Å². The summed E-state index contributed by atoms with van der Waals surface area (Å²) >= 11 is 8.05. The van der Waals surface area contributed by atoms with Crippen LogP contribution in [-0.2, 0) is 6.54 Å². The van der Waals surface area contributed by atoms with Crippen LogP contribution in [-0.4, -0.2) is 27.5 Å². The van der Waals surface area contributed by atoms with E-state index in [4.69, 9.17) is 11.6 Å². The van der Waals surface area contributed by atoms with E-state index in [9.17, 15) is 4.79 Å². The van der Waals surface area contributed by atoms with Crippen molar-refractivity contribution in [1.82, 2.24) is 9.88 Å². The van der Waals surface area contributed by atoms with Gasteiger partial charge in [0.05, 0.1) is 5.56 Å². The smallest absolute Gasteiger partial charge is 0.280 e. The molecule has 7 heteroatoms. The monoisotopic (exact) mass is 474 g/mol. The summed E-state index contributed by atoms with van der Waals surface area (Å²) in [5, 5.41) is 0.332. The summed E-state index contributed by atoms with van der Waals surface area (Å²) in [5.41, 5.74) is 2.28. The van der Waals surface area contributed by atoms with Crippen LogP contribution in [0.1, 0.15) is 21.5 Å².